The second-order valence-corrected chi connectivity index (χ2v) is 3.85. The molecule has 1 aromatic heterocycles. The van der Waals surface area contributed by atoms with Gasteiger partial charge in [0, 0.05) is 29.9 Å². The Balaban J connectivity index is 2.19. The van der Waals surface area contributed by atoms with E-state index < -0.39 is 0 Å². The van der Waals surface area contributed by atoms with Crippen molar-refractivity contribution >= 4 is 16.8 Å². The topological polar surface area (TPSA) is 54.1 Å². The van der Waals surface area contributed by atoms with Crippen molar-refractivity contribution in [2.24, 2.45) is 0 Å². The van der Waals surface area contributed by atoms with Crippen molar-refractivity contribution in [3.05, 3.63) is 30.0 Å². The quantitative estimate of drug-likeness (QED) is 0.636. The molecule has 0 atom stereocenters. The Hall–Kier alpha value is -2.41. The van der Waals surface area contributed by atoms with Crippen LogP contribution in [0.4, 0.5) is 0 Å². The number of carbonyl (C=O) groups is 1. The van der Waals surface area contributed by atoms with E-state index in [0.29, 0.717) is 18.7 Å². The number of terminal acetylenes is 1. The number of aromatic nitrogens is 1. The summed E-state index contributed by atoms with van der Waals surface area (Å²) in [5.41, 5.74) is 1.40. The van der Waals surface area contributed by atoms with Gasteiger partial charge in [0.2, 0.25) is 0 Å². The molecule has 0 aliphatic carbocycles. The first-order chi connectivity index (χ1) is 8.74. The molecule has 0 saturated carbocycles. The van der Waals surface area contributed by atoms with E-state index in [2.05, 4.69) is 16.2 Å². The number of benzene rings is 1. The maximum Gasteiger partial charge on any atom is 0.267 e. The number of carbonyl (C=O) groups excluding carboxylic acids is 1. The van der Waals surface area contributed by atoms with Crippen LogP contribution in [-0.4, -0.2) is 24.5 Å². The standard InChI is InChI=1S/C14H14N2O2/c1-3-4-7-15-14(17)13-8-10-5-6-11(18-2)9-12(10)16-13/h1,5-6,8-9,16H,4,7H2,2H3,(H,15,17). The zero-order chi connectivity index (χ0) is 13.0. The van der Waals surface area contributed by atoms with Crippen molar-refractivity contribution in [3.8, 4) is 18.1 Å². The van der Waals surface area contributed by atoms with Gasteiger partial charge in [-0.1, -0.05) is 0 Å². The predicted octanol–water partition coefficient (Wildman–Crippen LogP) is 1.93. The van der Waals surface area contributed by atoms with Gasteiger partial charge in [-0.2, -0.15) is 0 Å². The van der Waals surface area contributed by atoms with Crippen LogP contribution in [0.25, 0.3) is 10.9 Å². The highest BCUT2D eigenvalue weighted by molar-refractivity contribution is 5.98. The van der Waals surface area contributed by atoms with E-state index >= 15 is 0 Å². The summed E-state index contributed by atoms with van der Waals surface area (Å²) < 4.78 is 5.13. The number of aromatic amines is 1. The summed E-state index contributed by atoms with van der Waals surface area (Å²) in [4.78, 5) is 14.9. The first-order valence-corrected chi connectivity index (χ1v) is 5.63. The lowest BCUT2D eigenvalue weighted by Crippen LogP contribution is -2.24. The molecule has 4 nitrogen and oxygen atoms in total. The van der Waals surface area contributed by atoms with Gasteiger partial charge < -0.3 is 15.0 Å². The summed E-state index contributed by atoms with van der Waals surface area (Å²) >= 11 is 0. The minimum Gasteiger partial charge on any atom is -0.497 e. The molecule has 0 radical (unpaired) electrons. The molecule has 18 heavy (non-hydrogen) atoms. The largest absolute Gasteiger partial charge is 0.497 e. The number of amides is 1. The number of H-pyrrole nitrogens is 1. The van der Waals surface area contributed by atoms with Crippen molar-refractivity contribution in [2.75, 3.05) is 13.7 Å². The first kappa shape index (κ1) is 12.1. The van der Waals surface area contributed by atoms with E-state index in [1.807, 2.05) is 18.2 Å². The fourth-order valence-corrected chi connectivity index (χ4v) is 1.70. The first-order valence-electron chi connectivity index (χ1n) is 5.63. The van der Waals surface area contributed by atoms with Crippen molar-refractivity contribution in [2.45, 2.75) is 6.42 Å². The third-order valence-corrected chi connectivity index (χ3v) is 2.63. The Labute approximate surface area is 105 Å². The van der Waals surface area contributed by atoms with Gasteiger partial charge in [0.25, 0.3) is 5.91 Å². The molecule has 0 fully saturated rings. The normalized spacial score (nSPS) is 10.0. The average molecular weight is 242 g/mol. The van der Waals surface area contributed by atoms with Crippen LogP contribution in [-0.2, 0) is 0 Å². The van der Waals surface area contributed by atoms with Crippen molar-refractivity contribution < 1.29 is 9.53 Å². The van der Waals surface area contributed by atoms with Gasteiger partial charge >= 0.3 is 0 Å². The van der Waals surface area contributed by atoms with Gasteiger partial charge in [-0.25, -0.2) is 0 Å². The maximum atomic E-state index is 11.8. The molecule has 0 spiro atoms. The van der Waals surface area contributed by atoms with Crippen LogP contribution in [0.3, 0.4) is 0 Å². The molecule has 2 aromatic rings. The van der Waals surface area contributed by atoms with Gasteiger partial charge in [0.15, 0.2) is 0 Å². The summed E-state index contributed by atoms with van der Waals surface area (Å²) in [5.74, 6) is 3.08. The minimum atomic E-state index is -0.152. The van der Waals surface area contributed by atoms with Crippen LogP contribution in [0.1, 0.15) is 16.9 Å². The van der Waals surface area contributed by atoms with E-state index in [9.17, 15) is 4.79 Å². The highest BCUT2D eigenvalue weighted by atomic mass is 16.5. The van der Waals surface area contributed by atoms with Crippen molar-refractivity contribution in [1.82, 2.24) is 10.3 Å². The van der Waals surface area contributed by atoms with E-state index in [0.717, 1.165) is 16.7 Å². The monoisotopic (exact) mass is 242 g/mol. The lowest BCUT2D eigenvalue weighted by molar-refractivity contribution is 0.0950. The highest BCUT2D eigenvalue weighted by Gasteiger charge is 2.09. The number of hydrogen-bond donors (Lipinski definition) is 2. The van der Waals surface area contributed by atoms with Crippen LogP contribution in [0.15, 0.2) is 24.3 Å². The van der Waals surface area contributed by atoms with E-state index in [4.69, 9.17) is 11.2 Å². The van der Waals surface area contributed by atoms with Gasteiger partial charge in [0.05, 0.1) is 7.11 Å². The predicted molar refractivity (Wildman–Crippen MR) is 70.6 cm³/mol. The lowest BCUT2D eigenvalue weighted by Gasteiger charge is -1.99. The van der Waals surface area contributed by atoms with Crippen LogP contribution in [0.2, 0.25) is 0 Å². The Morgan fingerprint density at radius 3 is 3.06 bits per heavy atom. The molecule has 1 aromatic carbocycles. The number of fused-ring (bicyclic) bond motifs is 1. The molecule has 2 rings (SSSR count). The Morgan fingerprint density at radius 1 is 1.50 bits per heavy atom. The summed E-state index contributed by atoms with van der Waals surface area (Å²) in [6, 6.07) is 7.42. The van der Waals surface area contributed by atoms with Crippen molar-refractivity contribution in [1.29, 1.82) is 0 Å². The molecular formula is C14H14N2O2. The number of hydrogen-bond acceptors (Lipinski definition) is 2. The molecule has 1 heterocycles. The Kier molecular flexibility index (Phi) is 3.54. The number of rotatable bonds is 4. The molecule has 4 heteroatoms. The van der Waals surface area contributed by atoms with Crippen LogP contribution in [0, 0.1) is 12.3 Å². The zero-order valence-corrected chi connectivity index (χ0v) is 10.1. The molecule has 0 saturated heterocycles. The van der Waals surface area contributed by atoms with E-state index in [1.165, 1.54) is 0 Å². The molecule has 0 bridgehead atoms. The average Bonchev–Trinajstić information content (AvgIpc) is 2.81. The summed E-state index contributed by atoms with van der Waals surface area (Å²) in [6.45, 7) is 0.480. The third-order valence-electron chi connectivity index (χ3n) is 2.63. The van der Waals surface area contributed by atoms with Crippen molar-refractivity contribution in [3.63, 3.8) is 0 Å². The van der Waals surface area contributed by atoms with Gasteiger partial charge in [-0.15, -0.1) is 12.3 Å². The van der Waals surface area contributed by atoms with Gasteiger partial charge in [0.1, 0.15) is 11.4 Å². The second kappa shape index (κ2) is 5.28. The van der Waals surface area contributed by atoms with Gasteiger partial charge in [-0.05, 0) is 18.2 Å². The highest BCUT2D eigenvalue weighted by Crippen LogP contribution is 2.21. The molecule has 1 amide bonds. The van der Waals surface area contributed by atoms with E-state index in [-0.39, 0.29) is 5.91 Å². The number of methoxy groups -OCH3 is 1. The van der Waals surface area contributed by atoms with Gasteiger partial charge in [-0.3, -0.25) is 4.79 Å². The summed E-state index contributed by atoms with van der Waals surface area (Å²) in [6.07, 6.45) is 5.65. The fourth-order valence-electron chi connectivity index (χ4n) is 1.70. The lowest BCUT2D eigenvalue weighted by atomic mass is 10.2. The van der Waals surface area contributed by atoms with Crippen LogP contribution < -0.4 is 10.1 Å². The molecule has 92 valence electrons. The third kappa shape index (κ3) is 2.46. The fraction of sp³-hybridized carbons (Fsp3) is 0.214. The van der Waals surface area contributed by atoms with Crippen LogP contribution >= 0.6 is 0 Å². The Bertz CT molecular complexity index is 608. The SMILES string of the molecule is C#CCCNC(=O)c1cc2ccc(OC)cc2[nH]1. The zero-order valence-electron chi connectivity index (χ0n) is 10.1. The summed E-state index contributed by atoms with van der Waals surface area (Å²) in [7, 11) is 1.61. The Morgan fingerprint density at radius 2 is 2.33 bits per heavy atom. The molecule has 0 aliphatic rings. The summed E-state index contributed by atoms with van der Waals surface area (Å²) in [5, 5.41) is 3.72. The number of ether oxygens (including phenoxy) is 1. The molecule has 0 unspecified atom stereocenters. The van der Waals surface area contributed by atoms with E-state index in [1.54, 1.807) is 13.2 Å². The molecular weight excluding hydrogens is 228 g/mol. The smallest absolute Gasteiger partial charge is 0.267 e. The molecule has 2 N–H and O–H groups in total. The van der Waals surface area contributed by atoms with Crippen LogP contribution in [0.5, 0.6) is 5.75 Å². The number of nitrogens with one attached hydrogen (secondary N) is 2. The maximum absolute atomic E-state index is 11.8. The minimum absolute atomic E-state index is 0.152. The molecule has 0 aliphatic heterocycles. The second-order valence-electron chi connectivity index (χ2n) is 3.85.